The Morgan fingerprint density at radius 2 is 2.20 bits per heavy atom. The van der Waals surface area contributed by atoms with E-state index >= 15 is 0 Å². The molecule has 1 amide bonds. The minimum absolute atomic E-state index is 0.159. The number of hydrogen-bond acceptors (Lipinski definition) is 3. The molecule has 1 aromatic rings. The average Bonchev–Trinajstić information content (AvgIpc) is 2.46. The zero-order valence-corrected chi connectivity index (χ0v) is 11.2. The van der Waals surface area contributed by atoms with E-state index in [0.29, 0.717) is 24.2 Å². The van der Waals surface area contributed by atoms with Crippen LogP contribution in [0, 0.1) is 11.3 Å². The van der Waals surface area contributed by atoms with Gasteiger partial charge in [-0.3, -0.25) is 4.79 Å². The van der Waals surface area contributed by atoms with Crippen LogP contribution < -0.4 is 0 Å². The van der Waals surface area contributed by atoms with E-state index in [1.807, 2.05) is 13.0 Å². The summed E-state index contributed by atoms with van der Waals surface area (Å²) in [4.78, 5) is 24.3. The Balaban J connectivity index is 2.90. The third-order valence-electron chi connectivity index (χ3n) is 2.71. The van der Waals surface area contributed by atoms with Gasteiger partial charge in [0, 0.05) is 24.7 Å². The van der Waals surface area contributed by atoms with Crippen LogP contribution in [0.4, 0.5) is 0 Å². The van der Waals surface area contributed by atoms with Crippen molar-refractivity contribution in [2.75, 3.05) is 13.1 Å². The highest BCUT2D eigenvalue weighted by Crippen LogP contribution is 2.10. The Kier molecular flexibility index (Phi) is 5.98. The van der Waals surface area contributed by atoms with Crippen LogP contribution in [0.2, 0.25) is 0 Å². The third-order valence-corrected chi connectivity index (χ3v) is 2.71. The van der Waals surface area contributed by atoms with Gasteiger partial charge in [0.05, 0.1) is 12.5 Å². The Bertz CT molecular complexity index is 558. The van der Waals surface area contributed by atoms with Gasteiger partial charge >= 0.3 is 5.97 Å². The molecule has 1 rings (SSSR count). The molecule has 104 valence electrons. The molecule has 0 bridgehead atoms. The van der Waals surface area contributed by atoms with Crippen LogP contribution in [0.15, 0.2) is 30.3 Å². The third kappa shape index (κ3) is 4.58. The summed E-state index contributed by atoms with van der Waals surface area (Å²) >= 11 is 0. The highest BCUT2D eigenvalue weighted by atomic mass is 16.4. The van der Waals surface area contributed by atoms with Gasteiger partial charge in [-0.2, -0.15) is 5.26 Å². The summed E-state index contributed by atoms with van der Waals surface area (Å²) in [5.74, 6) is -1.20. The van der Waals surface area contributed by atoms with Gasteiger partial charge in [0.15, 0.2) is 0 Å². The second-order valence-corrected chi connectivity index (χ2v) is 4.09. The van der Waals surface area contributed by atoms with Crippen LogP contribution in [0.25, 0.3) is 6.08 Å². The molecule has 0 unspecified atom stereocenters. The maximum absolute atomic E-state index is 12.2. The van der Waals surface area contributed by atoms with Gasteiger partial charge in [0.2, 0.25) is 0 Å². The number of carbonyl (C=O) groups is 2. The monoisotopic (exact) mass is 272 g/mol. The van der Waals surface area contributed by atoms with Gasteiger partial charge in [-0.25, -0.2) is 4.79 Å². The van der Waals surface area contributed by atoms with Crippen molar-refractivity contribution in [2.45, 2.75) is 13.3 Å². The molecule has 0 aliphatic carbocycles. The molecule has 0 atom stereocenters. The molecule has 0 fully saturated rings. The van der Waals surface area contributed by atoms with Crippen LogP contribution in [0.5, 0.6) is 0 Å². The van der Waals surface area contributed by atoms with Gasteiger partial charge in [-0.1, -0.05) is 12.1 Å². The lowest BCUT2D eigenvalue weighted by atomic mass is 10.1. The van der Waals surface area contributed by atoms with Crippen molar-refractivity contribution in [2.24, 2.45) is 0 Å². The molecule has 0 radical (unpaired) electrons. The first-order chi connectivity index (χ1) is 9.58. The van der Waals surface area contributed by atoms with E-state index in [-0.39, 0.29) is 12.3 Å². The predicted molar refractivity (Wildman–Crippen MR) is 74.9 cm³/mol. The van der Waals surface area contributed by atoms with E-state index in [1.165, 1.54) is 6.08 Å². The van der Waals surface area contributed by atoms with Crippen molar-refractivity contribution in [3.8, 4) is 6.07 Å². The normalized spacial score (nSPS) is 10.2. The number of carboxylic acids is 1. The smallest absolute Gasteiger partial charge is 0.328 e. The van der Waals surface area contributed by atoms with Crippen molar-refractivity contribution in [3.63, 3.8) is 0 Å². The molecule has 5 heteroatoms. The van der Waals surface area contributed by atoms with E-state index in [1.54, 1.807) is 29.2 Å². The molecule has 0 spiro atoms. The molecule has 20 heavy (non-hydrogen) atoms. The second-order valence-electron chi connectivity index (χ2n) is 4.09. The maximum Gasteiger partial charge on any atom is 0.328 e. The summed E-state index contributed by atoms with van der Waals surface area (Å²) in [7, 11) is 0. The van der Waals surface area contributed by atoms with Gasteiger partial charge in [0.25, 0.3) is 5.91 Å². The number of nitriles is 1. The fraction of sp³-hybridized carbons (Fsp3) is 0.267. The molecule has 5 nitrogen and oxygen atoms in total. The summed E-state index contributed by atoms with van der Waals surface area (Å²) in [6, 6.07) is 8.75. The number of rotatable bonds is 6. The zero-order chi connectivity index (χ0) is 15.0. The molecule has 0 aliphatic rings. The number of nitrogens with zero attached hydrogens (tertiary/aromatic N) is 2. The lowest BCUT2D eigenvalue weighted by Gasteiger charge is -2.19. The number of benzene rings is 1. The van der Waals surface area contributed by atoms with Crippen molar-refractivity contribution >= 4 is 18.0 Å². The minimum Gasteiger partial charge on any atom is -0.478 e. The summed E-state index contributed by atoms with van der Waals surface area (Å²) in [6.45, 7) is 2.76. The van der Waals surface area contributed by atoms with E-state index < -0.39 is 5.97 Å². The Labute approximate surface area is 117 Å². The maximum atomic E-state index is 12.2. The van der Waals surface area contributed by atoms with Crippen LogP contribution in [-0.4, -0.2) is 35.0 Å². The quantitative estimate of drug-likeness (QED) is 0.804. The van der Waals surface area contributed by atoms with Crippen molar-refractivity contribution in [1.82, 2.24) is 4.90 Å². The van der Waals surface area contributed by atoms with Crippen molar-refractivity contribution in [1.29, 1.82) is 5.26 Å². The average molecular weight is 272 g/mol. The molecular formula is C15H16N2O3. The molecule has 0 aromatic heterocycles. The largest absolute Gasteiger partial charge is 0.478 e. The van der Waals surface area contributed by atoms with Gasteiger partial charge in [0.1, 0.15) is 0 Å². The number of aliphatic carboxylic acids is 1. The summed E-state index contributed by atoms with van der Waals surface area (Å²) in [6.07, 6.45) is 2.75. The first-order valence-corrected chi connectivity index (χ1v) is 6.25. The standard InChI is InChI=1S/C15H16N2O3/c1-2-17(10-4-9-16)15(20)13-6-3-5-12(11-13)7-8-14(18)19/h3,5-8,11H,2,4,10H2,1H3,(H,18,19). The Morgan fingerprint density at radius 1 is 1.45 bits per heavy atom. The Morgan fingerprint density at radius 3 is 2.80 bits per heavy atom. The van der Waals surface area contributed by atoms with Crippen LogP contribution in [0.3, 0.4) is 0 Å². The fourth-order valence-electron chi connectivity index (χ4n) is 1.71. The first-order valence-electron chi connectivity index (χ1n) is 6.25. The highest BCUT2D eigenvalue weighted by Gasteiger charge is 2.13. The van der Waals surface area contributed by atoms with Crippen molar-refractivity contribution in [3.05, 3.63) is 41.5 Å². The minimum atomic E-state index is -1.04. The zero-order valence-electron chi connectivity index (χ0n) is 11.2. The van der Waals surface area contributed by atoms with Gasteiger partial charge < -0.3 is 10.0 Å². The predicted octanol–water partition coefficient (Wildman–Crippen LogP) is 2.16. The number of hydrogen-bond donors (Lipinski definition) is 1. The topological polar surface area (TPSA) is 81.4 Å². The number of carboxylic acid groups (broad SMARTS) is 1. The molecule has 0 saturated heterocycles. The van der Waals surface area contributed by atoms with Crippen molar-refractivity contribution < 1.29 is 14.7 Å². The first kappa shape index (κ1) is 15.4. The number of amides is 1. The van der Waals surface area contributed by atoms with E-state index in [0.717, 1.165) is 6.08 Å². The van der Waals surface area contributed by atoms with E-state index in [4.69, 9.17) is 10.4 Å². The summed E-state index contributed by atoms with van der Waals surface area (Å²) in [5.41, 5.74) is 1.13. The lowest BCUT2D eigenvalue weighted by molar-refractivity contribution is -0.131. The summed E-state index contributed by atoms with van der Waals surface area (Å²) in [5, 5.41) is 17.2. The van der Waals surface area contributed by atoms with Gasteiger partial charge in [-0.15, -0.1) is 0 Å². The molecule has 1 aromatic carbocycles. The molecule has 1 N–H and O–H groups in total. The molecule has 0 aliphatic heterocycles. The second kappa shape index (κ2) is 7.74. The Hall–Kier alpha value is -2.61. The lowest BCUT2D eigenvalue weighted by Crippen LogP contribution is -2.31. The SMILES string of the molecule is CCN(CCC#N)C(=O)c1cccc(C=CC(=O)O)c1. The molecule has 0 saturated carbocycles. The van der Waals surface area contributed by atoms with Crippen LogP contribution in [-0.2, 0) is 4.79 Å². The molecule has 0 heterocycles. The fourth-order valence-corrected chi connectivity index (χ4v) is 1.71. The van der Waals surface area contributed by atoms with E-state index in [9.17, 15) is 9.59 Å². The van der Waals surface area contributed by atoms with E-state index in [2.05, 4.69) is 0 Å². The van der Waals surface area contributed by atoms with Gasteiger partial charge in [-0.05, 0) is 30.7 Å². The molecular weight excluding hydrogens is 256 g/mol. The van der Waals surface area contributed by atoms with Crippen LogP contribution in [0.1, 0.15) is 29.3 Å². The van der Waals surface area contributed by atoms with Crippen LogP contribution >= 0.6 is 0 Å². The number of carbonyl (C=O) groups excluding carboxylic acids is 1. The highest BCUT2D eigenvalue weighted by molar-refractivity contribution is 5.95. The summed E-state index contributed by atoms with van der Waals surface area (Å²) < 4.78 is 0.